The number of phosphoric ester groups is 2. The topological polar surface area (TPSA) is 237 Å². The second-order valence-corrected chi connectivity index (χ2v) is 31.0. The Morgan fingerprint density at radius 1 is 0.305 bits per heavy atom. The van der Waals surface area contributed by atoms with Gasteiger partial charge in [-0.3, -0.25) is 37.3 Å². The summed E-state index contributed by atoms with van der Waals surface area (Å²) in [6.45, 7) is 9.56. The molecule has 0 rings (SSSR count). The van der Waals surface area contributed by atoms with Crippen LogP contribution in [0.15, 0.2) is 0 Å². The van der Waals surface area contributed by atoms with E-state index in [1.807, 2.05) is 0 Å². The lowest BCUT2D eigenvalue weighted by Gasteiger charge is -2.21. The molecule has 0 aliphatic rings. The first kappa shape index (κ1) is 93.1. The van der Waals surface area contributed by atoms with Crippen LogP contribution < -0.4 is 0 Å². The van der Waals surface area contributed by atoms with Gasteiger partial charge in [0, 0.05) is 25.7 Å². The molecule has 0 amide bonds. The molecule has 17 nitrogen and oxygen atoms in total. The molecular formula is C76H148O17P2. The molecule has 0 aromatic rings. The summed E-state index contributed by atoms with van der Waals surface area (Å²) in [4.78, 5) is 72.8. The van der Waals surface area contributed by atoms with Crippen molar-refractivity contribution in [2.45, 2.75) is 413 Å². The Morgan fingerprint density at radius 3 is 0.800 bits per heavy atom. The third kappa shape index (κ3) is 69.0. The van der Waals surface area contributed by atoms with Gasteiger partial charge >= 0.3 is 39.5 Å². The van der Waals surface area contributed by atoms with Gasteiger partial charge in [-0.05, 0) is 37.5 Å². The van der Waals surface area contributed by atoms with Crippen LogP contribution in [0.5, 0.6) is 0 Å². The van der Waals surface area contributed by atoms with Crippen LogP contribution in [0, 0.1) is 11.8 Å². The molecule has 0 saturated heterocycles. The average molecular weight is 1400 g/mol. The molecule has 0 fully saturated rings. The maximum Gasteiger partial charge on any atom is 0.472 e. The molecule has 0 bridgehead atoms. The van der Waals surface area contributed by atoms with Gasteiger partial charge in [0.15, 0.2) is 12.2 Å². The van der Waals surface area contributed by atoms with Crippen molar-refractivity contribution in [2.24, 2.45) is 11.8 Å². The second kappa shape index (κ2) is 67.9. The van der Waals surface area contributed by atoms with Crippen molar-refractivity contribution in [2.75, 3.05) is 39.6 Å². The van der Waals surface area contributed by atoms with Crippen LogP contribution in [0.4, 0.5) is 0 Å². The lowest BCUT2D eigenvalue weighted by atomic mass is 9.99. The van der Waals surface area contributed by atoms with Gasteiger partial charge in [0.05, 0.1) is 26.4 Å². The highest BCUT2D eigenvalue weighted by Gasteiger charge is 2.30. The van der Waals surface area contributed by atoms with E-state index in [4.69, 9.17) is 37.0 Å². The molecule has 0 aliphatic carbocycles. The molecule has 3 unspecified atom stereocenters. The van der Waals surface area contributed by atoms with Crippen LogP contribution >= 0.6 is 15.6 Å². The summed E-state index contributed by atoms with van der Waals surface area (Å²) >= 11 is 0. The highest BCUT2D eigenvalue weighted by molar-refractivity contribution is 7.47. The van der Waals surface area contributed by atoms with Gasteiger partial charge in [-0.25, -0.2) is 9.13 Å². The van der Waals surface area contributed by atoms with E-state index in [2.05, 4.69) is 41.5 Å². The fourth-order valence-electron chi connectivity index (χ4n) is 11.6. The van der Waals surface area contributed by atoms with Crippen LogP contribution in [0.3, 0.4) is 0 Å². The molecule has 564 valence electrons. The molecule has 95 heavy (non-hydrogen) atoms. The summed E-state index contributed by atoms with van der Waals surface area (Å²) in [5.74, 6) is -0.612. The van der Waals surface area contributed by atoms with E-state index < -0.39 is 97.5 Å². The minimum atomic E-state index is -4.96. The smallest absolute Gasteiger partial charge is 0.462 e. The van der Waals surface area contributed by atoms with E-state index in [9.17, 15) is 43.2 Å². The summed E-state index contributed by atoms with van der Waals surface area (Å²) in [6.07, 6.45) is 55.5. The van der Waals surface area contributed by atoms with Crippen LogP contribution in [0.2, 0.25) is 0 Å². The van der Waals surface area contributed by atoms with E-state index in [1.54, 1.807) is 0 Å². The molecule has 0 saturated carbocycles. The maximum atomic E-state index is 13.1. The first-order valence-electron chi connectivity index (χ1n) is 39.5. The van der Waals surface area contributed by atoms with Crippen LogP contribution in [0.25, 0.3) is 0 Å². The number of phosphoric acid groups is 2. The van der Waals surface area contributed by atoms with Crippen molar-refractivity contribution >= 4 is 39.5 Å². The molecule has 3 N–H and O–H groups in total. The predicted molar refractivity (Wildman–Crippen MR) is 386 cm³/mol. The maximum absolute atomic E-state index is 13.1. The number of esters is 4. The molecule has 0 aromatic carbocycles. The fraction of sp³-hybridized carbons (Fsp3) is 0.947. The quantitative estimate of drug-likeness (QED) is 0.0222. The first-order chi connectivity index (χ1) is 45.9. The zero-order valence-corrected chi connectivity index (χ0v) is 63.8. The number of hydrogen-bond acceptors (Lipinski definition) is 15. The van der Waals surface area contributed by atoms with Gasteiger partial charge in [0.1, 0.15) is 19.3 Å². The number of aliphatic hydroxyl groups is 1. The Labute approximate surface area is 581 Å². The molecule has 0 aliphatic heterocycles. The van der Waals surface area contributed by atoms with Gasteiger partial charge in [0.25, 0.3) is 0 Å². The summed E-state index contributed by atoms with van der Waals surface area (Å²) < 4.78 is 68.5. The first-order valence-corrected chi connectivity index (χ1v) is 42.5. The average Bonchev–Trinajstić information content (AvgIpc) is 1.26. The Balaban J connectivity index is 5.22. The number of ether oxygens (including phenoxy) is 4. The zero-order chi connectivity index (χ0) is 70.0. The third-order valence-electron chi connectivity index (χ3n) is 18.1. The number of aliphatic hydroxyl groups excluding tert-OH is 1. The van der Waals surface area contributed by atoms with Gasteiger partial charge in [-0.1, -0.05) is 343 Å². The van der Waals surface area contributed by atoms with Crippen molar-refractivity contribution in [1.29, 1.82) is 0 Å². The number of carbonyl (C=O) groups is 4. The van der Waals surface area contributed by atoms with E-state index in [1.165, 1.54) is 212 Å². The third-order valence-corrected chi connectivity index (χ3v) is 20.0. The molecule has 0 radical (unpaired) electrons. The van der Waals surface area contributed by atoms with Crippen molar-refractivity contribution in [3.05, 3.63) is 0 Å². The molecular weight excluding hydrogens is 1250 g/mol. The number of hydrogen-bond donors (Lipinski definition) is 3. The molecule has 0 spiro atoms. The normalized spacial score (nSPS) is 14.3. The lowest BCUT2D eigenvalue weighted by molar-refractivity contribution is -0.161. The van der Waals surface area contributed by atoms with Gasteiger partial charge in [-0.15, -0.1) is 0 Å². The van der Waals surface area contributed by atoms with Crippen LogP contribution in [-0.4, -0.2) is 96.7 Å². The Bertz CT molecular complexity index is 1840. The van der Waals surface area contributed by atoms with Crippen molar-refractivity contribution in [1.82, 2.24) is 0 Å². The van der Waals surface area contributed by atoms with Gasteiger partial charge in [0.2, 0.25) is 0 Å². The van der Waals surface area contributed by atoms with Gasteiger partial charge in [-0.2, -0.15) is 0 Å². The van der Waals surface area contributed by atoms with E-state index >= 15 is 0 Å². The summed E-state index contributed by atoms with van der Waals surface area (Å²) in [5.41, 5.74) is 0. The molecule has 6 atom stereocenters. The summed E-state index contributed by atoms with van der Waals surface area (Å²) in [7, 11) is -9.91. The lowest BCUT2D eigenvalue weighted by Crippen LogP contribution is -2.30. The minimum absolute atomic E-state index is 0.107. The largest absolute Gasteiger partial charge is 0.472 e. The van der Waals surface area contributed by atoms with Crippen LogP contribution in [-0.2, 0) is 65.4 Å². The Morgan fingerprint density at radius 2 is 0.537 bits per heavy atom. The van der Waals surface area contributed by atoms with Gasteiger partial charge < -0.3 is 33.8 Å². The highest BCUT2D eigenvalue weighted by Crippen LogP contribution is 2.45. The van der Waals surface area contributed by atoms with Crippen LogP contribution in [0.1, 0.15) is 395 Å². The molecule has 0 heterocycles. The minimum Gasteiger partial charge on any atom is -0.462 e. The molecule has 19 heteroatoms. The van der Waals surface area contributed by atoms with E-state index in [0.717, 1.165) is 102 Å². The molecule has 0 aromatic heterocycles. The summed E-state index contributed by atoms with van der Waals surface area (Å²) in [6, 6.07) is 0. The van der Waals surface area contributed by atoms with E-state index in [-0.39, 0.29) is 25.7 Å². The predicted octanol–water partition coefficient (Wildman–Crippen LogP) is 22.3. The van der Waals surface area contributed by atoms with Crippen molar-refractivity contribution < 1.29 is 80.2 Å². The Kier molecular flexibility index (Phi) is 66.5. The zero-order valence-electron chi connectivity index (χ0n) is 62.0. The van der Waals surface area contributed by atoms with Crippen molar-refractivity contribution in [3.8, 4) is 0 Å². The Hall–Kier alpha value is -1.94. The van der Waals surface area contributed by atoms with Crippen molar-refractivity contribution in [3.63, 3.8) is 0 Å². The number of unbranched alkanes of at least 4 members (excludes halogenated alkanes) is 44. The SMILES string of the molecule is CCCCCCCCCCCCCCCCCCCCCCC(=O)O[C@H](COC(=O)CCCCCCCCCCC(C)CC)COP(=O)(O)OC[C@@H](O)COP(=O)(O)OC[C@@H](COC(=O)CCCCCCCCCCC(C)C)OC(=O)CCCCCCCCCCCCCC. The standard InChI is InChI=1S/C76H148O17P2/c1-7-10-12-14-16-18-20-22-23-24-25-26-27-28-29-31-33-43-49-55-61-76(81)93-72(65-87-74(79)59-53-47-41-37-35-39-45-51-57-69(6)9-3)67-91-95(84,85)89-63-70(77)62-88-94(82,83)90-66-71(64-86-73(78)58-52-46-40-36-34-38-44-50-56-68(4)5)92-75(80)60-54-48-42-32-30-21-19-17-15-13-11-8-2/h68-72,77H,7-67H2,1-6H3,(H,82,83)(H,84,85)/t69?,70-,71+,72+/m0/s1. The van der Waals surface area contributed by atoms with E-state index in [0.29, 0.717) is 25.7 Å². The monoisotopic (exact) mass is 1400 g/mol. The summed E-state index contributed by atoms with van der Waals surface area (Å²) in [5, 5.41) is 10.6. The second-order valence-electron chi connectivity index (χ2n) is 28.1. The fourth-order valence-corrected chi connectivity index (χ4v) is 13.2. The number of carbonyl (C=O) groups excluding carboxylic acids is 4. The highest BCUT2D eigenvalue weighted by atomic mass is 31.2. The number of rotatable bonds is 75.